The fraction of sp³-hybridized carbons (Fsp3) is 0. The van der Waals surface area contributed by atoms with Crippen LogP contribution >= 0.6 is 0 Å². The van der Waals surface area contributed by atoms with E-state index >= 15 is 0 Å². The number of aromatic hydroxyl groups is 1. The average molecular weight is 185 g/mol. The first-order valence-electron chi connectivity index (χ1n) is 4.05. The summed E-state index contributed by atoms with van der Waals surface area (Å²) in [5.74, 6) is 0.210. The van der Waals surface area contributed by atoms with Gasteiger partial charge in [0.25, 0.3) is 0 Å². The molecule has 68 valence electrons. The molecule has 14 heavy (non-hydrogen) atoms. The van der Waals surface area contributed by atoms with Crippen LogP contribution in [0.1, 0.15) is 5.69 Å². The minimum Gasteiger partial charge on any atom is -0.508 e. The van der Waals surface area contributed by atoms with Crippen molar-refractivity contribution in [2.24, 2.45) is 0 Å². The lowest BCUT2D eigenvalue weighted by molar-refractivity contribution is 0.475. The Morgan fingerprint density at radius 2 is 1.93 bits per heavy atom. The highest BCUT2D eigenvalue weighted by Crippen LogP contribution is 2.12. The first-order chi connectivity index (χ1) is 6.79. The van der Waals surface area contributed by atoms with Crippen LogP contribution in [0.25, 0.3) is 5.69 Å². The molecule has 0 spiro atoms. The van der Waals surface area contributed by atoms with Crippen molar-refractivity contribution < 1.29 is 5.11 Å². The molecule has 0 saturated carbocycles. The van der Waals surface area contributed by atoms with Gasteiger partial charge in [0.05, 0.1) is 5.69 Å². The third-order valence-corrected chi connectivity index (χ3v) is 1.82. The summed E-state index contributed by atoms with van der Waals surface area (Å²) in [5.41, 5.74) is 1.18. The van der Waals surface area contributed by atoms with Gasteiger partial charge in [-0.15, -0.1) is 0 Å². The molecule has 0 aliphatic carbocycles. The van der Waals surface area contributed by atoms with Gasteiger partial charge in [-0.2, -0.15) is 10.4 Å². The lowest BCUT2D eigenvalue weighted by Gasteiger charge is -1.99. The van der Waals surface area contributed by atoms with Crippen LogP contribution in [-0.4, -0.2) is 14.9 Å². The van der Waals surface area contributed by atoms with Crippen LogP contribution in [0.5, 0.6) is 5.75 Å². The molecule has 4 nitrogen and oxygen atoms in total. The van der Waals surface area contributed by atoms with Crippen LogP contribution in [0.15, 0.2) is 36.5 Å². The van der Waals surface area contributed by atoms with Crippen LogP contribution in [0.4, 0.5) is 0 Å². The number of nitrogens with zero attached hydrogens (tertiary/aromatic N) is 3. The van der Waals surface area contributed by atoms with E-state index in [1.165, 1.54) is 0 Å². The third kappa shape index (κ3) is 1.43. The molecule has 0 unspecified atom stereocenters. The van der Waals surface area contributed by atoms with Gasteiger partial charge in [-0.1, -0.05) is 0 Å². The van der Waals surface area contributed by atoms with Crippen molar-refractivity contribution >= 4 is 0 Å². The zero-order valence-electron chi connectivity index (χ0n) is 7.25. The lowest BCUT2D eigenvalue weighted by atomic mass is 10.3. The predicted octanol–water partition coefficient (Wildman–Crippen LogP) is 1.45. The summed E-state index contributed by atoms with van der Waals surface area (Å²) in [7, 11) is 0. The van der Waals surface area contributed by atoms with E-state index in [-0.39, 0.29) is 5.75 Å². The quantitative estimate of drug-likeness (QED) is 0.731. The van der Waals surface area contributed by atoms with Crippen molar-refractivity contribution in [2.75, 3.05) is 0 Å². The summed E-state index contributed by atoms with van der Waals surface area (Å²) >= 11 is 0. The monoisotopic (exact) mass is 185 g/mol. The number of nitriles is 1. The van der Waals surface area contributed by atoms with Crippen molar-refractivity contribution in [1.29, 1.82) is 5.26 Å². The molecule has 2 rings (SSSR count). The summed E-state index contributed by atoms with van der Waals surface area (Å²) in [6.07, 6.45) is 1.70. The second kappa shape index (κ2) is 3.23. The Morgan fingerprint density at radius 3 is 2.50 bits per heavy atom. The Bertz CT molecular complexity index is 479. The molecule has 0 aliphatic rings. The highest BCUT2D eigenvalue weighted by molar-refractivity contribution is 5.36. The van der Waals surface area contributed by atoms with Crippen LogP contribution in [0.2, 0.25) is 0 Å². The first kappa shape index (κ1) is 8.32. The van der Waals surface area contributed by atoms with Gasteiger partial charge in [0.1, 0.15) is 11.8 Å². The van der Waals surface area contributed by atoms with E-state index in [2.05, 4.69) is 5.10 Å². The van der Waals surface area contributed by atoms with E-state index in [1.807, 2.05) is 6.07 Å². The smallest absolute Gasteiger partial charge is 0.162 e. The molecule has 0 radical (unpaired) electrons. The van der Waals surface area contributed by atoms with Gasteiger partial charge in [-0.25, -0.2) is 4.68 Å². The summed E-state index contributed by atoms with van der Waals surface area (Å²) in [5, 5.41) is 21.7. The van der Waals surface area contributed by atoms with Gasteiger partial charge < -0.3 is 5.11 Å². The molecule has 1 N–H and O–H groups in total. The van der Waals surface area contributed by atoms with Crippen molar-refractivity contribution in [3.63, 3.8) is 0 Å². The molecule has 1 aromatic heterocycles. The maximum Gasteiger partial charge on any atom is 0.162 e. The van der Waals surface area contributed by atoms with E-state index in [0.29, 0.717) is 5.69 Å². The number of phenolic OH excluding ortho intramolecular Hbond substituents is 1. The van der Waals surface area contributed by atoms with E-state index < -0.39 is 0 Å². The lowest BCUT2D eigenvalue weighted by Crippen LogP contribution is -1.94. The second-order valence-electron chi connectivity index (χ2n) is 2.77. The maximum absolute atomic E-state index is 9.07. The van der Waals surface area contributed by atoms with Crippen LogP contribution in [0.3, 0.4) is 0 Å². The minimum absolute atomic E-state index is 0.210. The van der Waals surface area contributed by atoms with Crippen molar-refractivity contribution in [2.45, 2.75) is 0 Å². The number of hydrogen-bond acceptors (Lipinski definition) is 3. The largest absolute Gasteiger partial charge is 0.508 e. The number of rotatable bonds is 1. The molecule has 1 heterocycles. The van der Waals surface area contributed by atoms with Gasteiger partial charge in [0.15, 0.2) is 5.69 Å². The van der Waals surface area contributed by atoms with Crippen LogP contribution in [0, 0.1) is 11.3 Å². The van der Waals surface area contributed by atoms with Gasteiger partial charge in [0.2, 0.25) is 0 Å². The number of aromatic nitrogens is 2. The van der Waals surface area contributed by atoms with E-state index in [1.54, 1.807) is 41.2 Å². The van der Waals surface area contributed by atoms with Crippen molar-refractivity contribution in [1.82, 2.24) is 9.78 Å². The summed E-state index contributed by atoms with van der Waals surface area (Å²) in [6.45, 7) is 0. The Labute approximate surface area is 80.6 Å². The predicted molar refractivity (Wildman–Crippen MR) is 49.9 cm³/mol. The summed E-state index contributed by atoms with van der Waals surface area (Å²) < 4.78 is 1.58. The Hall–Kier alpha value is -2.28. The highest BCUT2D eigenvalue weighted by Gasteiger charge is 1.99. The van der Waals surface area contributed by atoms with E-state index in [0.717, 1.165) is 5.69 Å². The molecule has 0 bridgehead atoms. The second-order valence-corrected chi connectivity index (χ2v) is 2.77. The molecule has 0 atom stereocenters. The van der Waals surface area contributed by atoms with Gasteiger partial charge >= 0.3 is 0 Å². The SMILES string of the molecule is N#Cc1ccn(-c2ccc(O)cc2)n1. The van der Waals surface area contributed by atoms with Crippen molar-refractivity contribution in [3.8, 4) is 17.5 Å². The Morgan fingerprint density at radius 1 is 1.21 bits per heavy atom. The van der Waals surface area contributed by atoms with Crippen molar-refractivity contribution in [3.05, 3.63) is 42.2 Å². The van der Waals surface area contributed by atoms with Crippen LogP contribution < -0.4 is 0 Å². The molecule has 0 fully saturated rings. The maximum atomic E-state index is 9.07. The Balaban J connectivity index is 2.40. The molecule has 0 amide bonds. The fourth-order valence-corrected chi connectivity index (χ4v) is 1.13. The summed E-state index contributed by atoms with van der Waals surface area (Å²) in [4.78, 5) is 0. The molecule has 2 aromatic rings. The molecule has 1 aromatic carbocycles. The summed E-state index contributed by atoms with van der Waals surface area (Å²) in [6, 6.07) is 10.2. The minimum atomic E-state index is 0.210. The van der Waals surface area contributed by atoms with Gasteiger partial charge in [0, 0.05) is 6.20 Å². The standard InChI is InChI=1S/C10H7N3O/c11-7-8-5-6-13(12-8)9-1-3-10(14)4-2-9/h1-6,14H. The third-order valence-electron chi connectivity index (χ3n) is 1.82. The van der Waals surface area contributed by atoms with Gasteiger partial charge in [-0.05, 0) is 30.3 Å². The highest BCUT2D eigenvalue weighted by atomic mass is 16.3. The fourth-order valence-electron chi connectivity index (χ4n) is 1.13. The zero-order chi connectivity index (χ0) is 9.97. The van der Waals surface area contributed by atoms with Crippen LogP contribution in [-0.2, 0) is 0 Å². The van der Waals surface area contributed by atoms with E-state index in [4.69, 9.17) is 10.4 Å². The molecule has 4 heteroatoms. The first-order valence-corrected chi connectivity index (χ1v) is 4.05. The molecular weight excluding hydrogens is 178 g/mol. The van der Waals surface area contributed by atoms with E-state index in [9.17, 15) is 0 Å². The topological polar surface area (TPSA) is 61.8 Å². The number of benzene rings is 1. The van der Waals surface area contributed by atoms with Gasteiger partial charge in [-0.3, -0.25) is 0 Å². The average Bonchev–Trinajstić information content (AvgIpc) is 2.67. The normalized spacial score (nSPS) is 9.64. The Kier molecular flexibility index (Phi) is 1.92. The molecule has 0 saturated heterocycles. The zero-order valence-corrected chi connectivity index (χ0v) is 7.25. The molecular formula is C10H7N3O. The molecule has 0 aliphatic heterocycles. The number of hydrogen-bond donors (Lipinski definition) is 1. The number of phenols is 1.